The van der Waals surface area contributed by atoms with Crippen LogP contribution in [0, 0.1) is 30.6 Å². The van der Waals surface area contributed by atoms with Gasteiger partial charge in [-0.05, 0) is 0 Å². The average molecular weight is 248 g/mol. The van der Waals surface area contributed by atoms with Gasteiger partial charge in [0, 0.05) is 0 Å². The molecule has 13 heavy (non-hydrogen) atoms. The van der Waals surface area contributed by atoms with Crippen LogP contribution in [0.2, 0.25) is 0 Å². The zero-order valence-corrected chi connectivity index (χ0v) is 6.65. The van der Waals surface area contributed by atoms with E-state index in [1.165, 1.54) is 0 Å². The molecule has 0 saturated heterocycles. The second-order valence-corrected chi connectivity index (χ2v) is 0.850. The fraction of sp³-hybridized carbons (Fsp3) is 0. The van der Waals surface area contributed by atoms with Crippen LogP contribution in [-0.4, -0.2) is 16.2 Å². The molecule has 0 aromatic heterocycles. The van der Waals surface area contributed by atoms with Crippen LogP contribution in [0.1, 0.15) is 0 Å². The van der Waals surface area contributed by atoms with Crippen molar-refractivity contribution in [3.05, 3.63) is 30.6 Å². The molecular formula is CH4CuN4O7. The summed E-state index contributed by atoms with van der Waals surface area (Å²) in [7, 11) is 0. The van der Waals surface area contributed by atoms with Crippen molar-refractivity contribution in [1.29, 1.82) is 0 Å². The summed E-state index contributed by atoms with van der Waals surface area (Å²) >= 11 is 0. The van der Waals surface area contributed by atoms with Gasteiger partial charge in [0.2, 0.25) is 0 Å². The van der Waals surface area contributed by atoms with E-state index >= 15 is 0 Å². The van der Waals surface area contributed by atoms with E-state index in [2.05, 4.69) is 11.5 Å². The summed E-state index contributed by atoms with van der Waals surface area (Å²) in [6.07, 6.45) is 0. The Hall–Kier alpha value is -1.81. The number of hydrogen-bond donors (Lipinski definition) is 2. The van der Waals surface area contributed by atoms with Crippen LogP contribution in [-0.2, 0) is 17.1 Å². The number of primary amides is 2. The van der Waals surface area contributed by atoms with Gasteiger partial charge in [-0.3, -0.25) is 0 Å². The molecule has 81 valence electrons. The van der Waals surface area contributed by atoms with E-state index in [-0.39, 0.29) is 17.1 Å². The van der Waals surface area contributed by atoms with Crippen molar-refractivity contribution in [2.75, 3.05) is 0 Å². The van der Waals surface area contributed by atoms with Crippen LogP contribution in [0.25, 0.3) is 0 Å². The number of nitrogens with zero attached hydrogens (tertiary/aromatic N) is 2. The summed E-state index contributed by atoms with van der Waals surface area (Å²) in [6.45, 7) is 0. The Kier molecular flexibility index (Phi) is 28.8. The number of rotatable bonds is 0. The van der Waals surface area contributed by atoms with Gasteiger partial charge in [-0.25, -0.2) is 4.79 Å². The maximum atomic E-state index is 9.00. The standard InChI is InChI=1S/CH4N2O.Cu.2NO3/c2-1(3)4;;2*2-1(3)4/h(H4,2,3,4);;;/q;+2;2*-1. The third kappa shape index (κ3) is 208. The van der Waals surface area contributed by atoms with Gasteiger partial charge < -0.3 is 42.1 Å². The predicted molar refractivity (Wildman–Crippen MR) is 34.5 cm³/mol. The first kappa shape index (κ1) is 22.5. The number of carbonyl (C=O) groups excluding carboxylic acids is 1. The van der Waals surface area contributed by atoms with Gasteiger partial charge in [0.15, 0.2) is 0 Å². The van der Waals surface area contributed by atoms with Crippen molar-refractivity contribution in [3.8, 4) is 0 Å². The Bertz CT molecular complexity index is 118. The Labute approximate surface area is 81.0 Å². The molecule has 0 atom stereocenters. The largest absolute Gasteiger partial charge is 2.00 e. The molecule has 0 aliphatic heterocycles. The van der Waals surface area contributed by atoms with Crippen LogP contribution in [0.5, 0.6) is 0 Å². The zero-order valence-electron chi connectivity index (χ0n) is 5.71. The third-order valence-corrected chi connectivity index (χ3v) is 0. The van der Waals surface area contributed by atoms with Crippen LogP contribution in [0.3, 0.4) is 0 Å². The first-order chi connectivity index (χ1) is 5.20. The normalized spacial score (nSPS) is 5.54. The fourth-order valence-electron chi connectivity index (χ4n) is 0. The molecule has 0 bridgehead atoms. The molecule has 0 saturated carbocycles. The van der Waals surface area contributed by atoms with Gasteiger partial charge in [-0.1, -0.05) is 0 Å². The topological polar surface area (TPSA) is 202 Å². The maximum absolute atomic E-state index is 9.00. The number of urea groups is 1. The molecule has 0 aromatic rings. The van der Waals surface area contributed by atoms with Crippen molar-refractivity contribution in [2.45, 2.75) is 0 Å². The minimum Gasteiger partial charge on any atom is -0.356 e. The quantitative estimate of drug-likeness (QED) is 0.295. The molecule has 0 aromatic carbocycles. The van der Waals surface area contributed by atoms with Gasteiger partial charge in [0.25, 0.3) is 0 Å². The molecule has 0 aliphatic carbocycles. The van der Waals surface area contributed by atoms with Crippen molar-refractivity contribution in [3.63, 3.8) is 0 Å². The summed E-state index contributed by atoms with van der Waals surface area (Å²) in [5.74, 6) is 0. The van der Waals surface area contributed by atoms with Gasteiger partial charge in [-0.15, -0.1) is 0 Å². The zero-order chi connectivity index (χ0) is 10.7. The summed E-state index contributed by atoms with van der Waals surface area (Å²) in [5.41, 5.74) is 8.50. The Balaban J connectivity index is -0.0000000450. The second-order valence-electron chi connectivity index (χ2n) is 0.850. The summed E-state index contributed by atoms with van der Waals surface area (Å²) in [5, 5.41) is 29.5. The van der Waals surface area contributed by atoms with Crippen molar-refractivity contribution >= 4 is 6.03 Å². The van der Waals surface area contributed by atoms with E-state index in [9.17, 15) is 0 Å². The summed E-state index contributed by atoms with van der Waals surface area (Å²) < 4.78 is 0. The minimum absolute atomic E-state index is 0. The van der Waals surface area contributed by atoms with Gasteiger partial charge in [0.05, 0.1) is 10.2 Å². The van der Waals surface area contributed by atoms with E-state index in [0.29, 0.717) is 0 Å². The van der Waals surface area contributed by atoms with Crippen LogP contribution < -0.4 is 11.5 Å². The smallest absolute Gasteiger partial charge is 0.356 e. The molecule has 0 spiro atoms. The Morgan fingerprint density at radius 2 is 0.923 bits per heavy atom. The van der Waals surface area contributed by atoms with Crippen LogP contribution in [0.4, 0.5) is 4.79 Å². The average Bonchev–Trinajstić information content (AvgIpc) is 1.54. The molecule has 0 unspecified atom stereocenters. The van der Waals surface area contributed by atoms with E-state index in [1.54, 1.807) is 0 Å². The number of nitrogens with two attached hydrogens (primary N) is 2. The Morgan fingerprint density at radius 1 is 0.923 bits per heavy atom. The summed E-state index contributed by atoms with van der Waals surface area (Å²) in [6, 6.07) is -0.833. The third-order valence-electron chi connectivity index (χ3n) is 0. The number of carbonyl (C=O) groups is 1. The van der Waals surface area contributed by atoms with Crippen molar-refractivity contribution < 1.29 is 32.0 Å². The molecule has 4 N–H and O–H groups in total. The van der Waals surface area contributed by atoms with E-state index < -0.39 is 16.2 Å². The molecule has 12 heteroatoms. The monoisotopic (exact) mass is 247 g/mol. The first-order valence-corrected chi connectivity index (χ1v) is 1.88. The van der Waals surface area contributed by atoms with Crippen molar-refractivity contribution in [1.82, 2.24) is 0 Å². The Morgan fingerprint density at radius 3 is 0.923 bits per heavy atom. The number of hydrogen-bond acceptors (Lipinski definition) is 7. The maximum Gasteiger partial charge on any atom is 2.00 e. The van der Waals surface area contributed by atoms with Gasteiger partial charge in [0.1, 0.15) is 0 Å². The molecule has 0 heterocycles. The molecule has 2 amide bonds. The number of amides is 2. The first-order valence-electron chi connectivity index (χ1n) is 1.88. The molecular weight excluding hydrogens is 244 g/mol. The van der Waals surface area contributed by atoms with E-state index in [0.717, 1.165) is 0 Å². The predicted octanol–water partition coefficient (Wildman–Crippen LogP) is -1.46. The fourth-order valence-corrected chi connectivity index (χ4v) is 0. The minimum atomic E-state index is -1.75. The van der Waals surface area contributed by atoms with Crippen LogP contribution in [0.15, 0.2) is 0 Å². The SMILES string of the molecule is NC(N)=O.O=[N+]([O-])[O-].O=[N+]([O-])[O-].[Cu+2]. The van der Waals surface area contributed by atoms with E-state index in [4.69, 9.17) is 35.4 Å². The second kappa shape index (κ2) is 16.6. The molecule has 1 radical (unpaired) electrons. The molecule has 11 nitrogen and oxygen atoms in total. The van der Waals surface area contributed by atoms with Gasteiger partial charge in [-0.2, -0.15) is 0 Å². The van der Waals surface area contributed by atoms with E-state index in [1.807, 2.05) is 0 Å². The van der Waals surface area contributed by atoms with Crippen LogP contribution >= 0.6 is 0 Å². The molecule has 0 fully saturated rings. The van der Waals surface area contributed by atoms with Gasteiger partial charge >= 0.3 is 23.1 Å². The molecule has 0 rings (SSSR count). The molecule has 0 aliphatic rings. The van der Waals surface area contributed by atoms with Crippen molar-refractivity contribution in [2.24, 2.45) is 11.5 Å². The summed E-state index contributed by atoms with van der Waals surface area (Å²) in [4.78, 5) is 25.5.